The number of morpholine rings is 1. The Kier molecular flexibility index (Phi) is 4.55. The summed E-state index contributed by atoms with van der Waals surface area (Å²) in [6, 6.07) is 6.67. The van der Waals surface area contributed by atoms with Gasteiger partial charge < -0.3 is 14.7 Å². The number of carboxylic acid groups (broad SMARTS) is 1. The van der Waals surface area contributed by atoms with Crippen molar-refractivity contribution in [1.82, 2.24) is 4.90 Å². The molecule has 0 bridgehead atoms. The van der Waals surface area contributed by atoms with Crippen molar-refractivity contribution in [2.24, 2.45) is 0 Å². The Morgan fingerprint density at radius 3 is 2.95 bits per heavy atom. The number of nitrogens with zero attached hydrogens (tertiary/aromatic N) is 1. The van der Waals surface area contributed by atoms with Crippen LogP contribution in [0.4, 0.5) is 0 Å². The van der Waals surface area contributed by atoms with E-state index in [0.717, 1.165) is 4.47 Å². The highest BCUT2D eigenvalue weighted by atomic mass is 79.9. The maximum absolute atomic E-state index is 12.4. The Hall–Kier alpha value is -1.40. The number of halogens is 1. The van der Waals surface area contributed by atoms with Crippen LogP contribution in [0.25, 0.3) is 0 Å². The predicted molar refractivity (Wildman–Crippen MR) is 72.0 cm³/mol. The minimum absolute atomic E-state index is 0.0975. The fourth-order valence-corrected chi connectivity index (χ4v) is 2.48. The number of amides is 1. The lowest BCUT2D eigenvalue weighted by molar-refractivity contribution is -0.139. The highest BCUT2D eigenvalue weighted by molar-refractivity contribution is 9.10. The van der Waals surface area contributed by atoms with Gasteiger partial charge in [0.1, 0.15) is 0 Å². The molecule has 1 saturated heterocycles. The van der Waals surface area contributed by atoms with Crippen molar-refractivity contribution in [1.29, 1.82) is 0 Å². The van der Waals surface area contributed by atoms with Gasteiger partial charge in [-0.25, -0.2) is 0 Å². The average molecular weight is 328 g/mol. The summed E-state index contributed by atoms with van der Waals surface area (Å²) in [5.74, 6) is -1.08. The van der Waals surface area contributed by atoms with Gasteiger partial charge in [0.25, 0.3) is 5.91 Å². The van der Waals surface area contributed by atoms with Crippen LogP contribution < -0.4 is 0 Å². The van der Waals surface area contributed by atoms with E-state index in [1.54, 1.807) is 23.1 Å². The molecule has 1 amide bonds. The van der Waals surface area contributed by atoms with Gasteiger partial charge in [0.2, 0.25) is 0 Å². The van der Waals surface area contributed by atoms with Gasteiger partial charge in [-0.3, -0.25) is 9.59 Å². The van der Waals surface area contributed by atoms with Gasteiger partial charge in [-0.2, -0.15) is 0 Å². The standard InChI is InChI=1S/C13H14BrNO4/c14-10-3-1-2-9(6-10)13(18)15-4-5-19-8-11(15)7-12(16)17/h1-3,6,11H,4-5,7-8H2,(H,16,17). The number of ether oxygens (including phenoxy) is 1. The van der Waals surface area contributed by atoms with Gasteiger partial charge in [-0.15, -0.1) is 0 Å². The molecule has 2 rings (SSSR count). The van der Waals surface area contributed by atoms with Crippen LogP contribution in [-0.4, -0.2) is 47.7 Å². The number of aliphatic carboxylic acids is 1. The molecule has 6 heteroatoms. The number of hydrogen-bond acceptors (Lipinski definition) is 3. The Balaban J connectivity index is 2.17. The lowest BCUT2D eigenvalue weighted by atomic mass is 10.1. The van der Waals surface area contributed by atoms with E-state index in [1.165, 1.54) is 0 Å². The second-order valence-corrected chi connectivity index (χ2v) is 5.25. The summed E-state index contributed by atoms with van der Waals surface area (Å²) in [5.41, 5.74) is 0.548. The summed E-state index contributed by atoms with van der Waals surface area (Å²) in [6.07, 6.45) is -0.0975. The minimum Gasteiger partial charge on any atom is -0.481 e. The monoisotopic (exact) mass is 327 g/mol. The third-order valence-corrected chi connectivity index (χ3v) is 3.46. The van der Waals surface area contributed by atoms with Gasteiger partial charge in [0.15, 0.2) is 0 Å². The van der Waals surface area contributed by atoms with Crippen LogP contribution in [0.5, 0.6) is 0 Å². The van der Waals surface area contributed by atoms with E-state index in [9.17, 15) is 9.59 Å². The molecule has 102 valence electrons. The van der Waals surface area contributed by atoms with Crippen molar-refractivity contribution in [2.75, 3.05) is 19.8 Å². The molecule has 0 aromatic heterocycles. The normalized spacial score (nSPS) is 19.2. The van der Waals surface area contributed by atoms with Crippen LogP contribution >= 0.6 is 15.9 Å². The zero-order valence-corrected chi connectivity index (χ0v) is 11.8. The summed E-state index contributed by atoms with van der Waals surface area (Å²) in [7, 11) is 0. The van der Waals surface area contributed by atoms with Crippen molar-refractivity contribution in [2.45, 2.75) is 12.5 Å². The third-order valence-electron chi connectivity index (χ3n) is 2.97. The van der Waals surface area contributed by atoms with Crippen LogP contribution in [0.3, 0.4) is 0 Å². The van der Waals surface area contributed by atoms with E-state index in [4.69, 9.17) is 9.84 Å². The molecule has 1 unspecified atom stereocenters. The first-order valence-corrected chi connectivity index (χ1v) is 6.73. The number of carbonyl (C=O) groups is 2. The molecule has 1 atom stereocenters. The highest BCUT2D eigenvalue weighted by Gasteiger charge is 2.29. The van der Waals surface area contributed by atoms with Crippen molar-refractivity contribution in [3.05, 3.63) is 34.3 Å². The molecule has 1 fully saturated rings. The van der Waals surface area contributed by atoms with E-state index in [-0.39, 0.29) is 18.9 Å². The summed E-state index contributed by atoms with van der Waals surface area (Å²) in [4.78, 5) is 24.8. The van der Waals surface area contributed by atoms with Crippen molar-refractivity contribution >= 4 is 27.8 Å². The van der Waals surface area contributed by atoms with Gasteiger partial charge in [0.05, 0.1) is 25.7 Å². The first-order chi connectivity index (χ1) is 9.08. The van der Waals surface area contributed by atoms with Crippen molar-refractivity contribution < 1.29 is 19.4 Å². The molecule has 0 saturated carbocycles. The molecular weight excluding hydrogens is 314 g/mol. The molecule has 1 heterocycles. The second-order valence-electron chi connectivity index (χ2n) is 4.34. The summed E-state index contributed by atoms with van der Waals surface area (Å²) < 4.78 is 6.08. The number of benzene rings is 1. The number of carboxylic acids is 1. The zero-order chi connectivity index (χ0) is 13.8. The van der Waals surface area contributed by atoms with E-state index >= 15 is 0 Å². The third kappa shape index (κ3) is 3.54. The number of rotatable bonds is 3. The maximum Gasteiger partial charge on any atom is 0.305 e. The first-order valence-electron chi connectivity index (χ1n) is 5.94. The lowest BCUT2D eigenvalue weighted by Crippen LogP contribution is -2.49. The van der Waals surface area contributed by atoms with E-state index in [0.29, 0.717) is 18.7 Å². The van der Waals surface area contributed by atoms with E-state index in [2.05, 4.69) is 15.9 Å². The Labute approximate surface area is 119 Å². The minimum atomic E-state index is -0.928. The lowest BCUT2D eigenvalue weighted by Gasteiger charge is -2.34. The molecule has 1 aliphatic heterocycles. The average Bonchev–Trinajstić information content (AvgIpc) is 2.38. The molecule has 1 N–H and O–H groups in total. The van der Waals surface area contributed by atoms with Gasteiger partial charge >= 0.3 is 5.97 Å². The molecule has 0 radical (unpaired) electrons. The van der Waals surface area contributed by atoms with Gasteiger partial charge in [-0.05, 0) is 18.2 Å². The molecule has 1 aromatic carbocycles. The zero-order valence-electron chi connectivity index (χ0n) is 10.2. The van der Waals surface area contributed by atoms with Crippen LogP contribution in [0.2, 0.25) is 0 Å². The smallest absolute Gasteiger partial charge is 0.305 e. The molecule has 19 heavy (non-hydrogen) atoms. The van der Waals surface area contributed by atoms with E-state index in [1.807, 2.05) is 6.07 Å². The Bertz CT molecular complexity index is 491. The fraction of sp³-hybridized carbons (Fsp3) is 0.385. The van der Waals surface area contributed by atoms with Crippen molar-refractivity contribution in [3.8, 4) is 0 Å². The molecule has 0 spiro atoms. The predicted octanol–water partition coefficient (Wildman–Crippen LogP) is 1.76. The number of hydrogen-bond donors (Lipinski definition) is 1. The molecule has 1 aliphatic rings. The summed E-state index contributed by atoms with van der Waals surface area (Å²) in [5, 5.41) is 8.88. The Morgan fingerprint density at radius 2 is 2.26 bits per heavy atom. The Morgan fingerprint density at radius 1 is 1.47 bits per heavy atom. The van der Waals surface area contributed by atoms with Crippen LogP contribution in [0.15, 0.2) is 28.7 Å². The first kappa shape index (κ1) is 14.0. The van der Waals surface area contributed by atoms with Gasteiger partial charge in [-0.1, -0.05) is 22.0 Å². The van der Waals surface area contributed by atoms with Crippen LogP contribution in [0, 0.1) is 0 Å². The largest absolute Gasteiger partial charge is 0.481 e. The van der Waals surface area contributed by atoms with Crippen LogP contribution in [0.1, 0.15) is 16.8 Å². The molecule has 0 aliphatic carbocycles. The summed E-state index contributed by atoms with van der Waals surface area (Å²) in [6.45, 7) is 1.13. The topological polar surface area (TPSA) is 66.8 Å². The maximum atomic E-state index is 12.4. The molecular formula is C13H14BrNO4. The highest BCUT2D eigenvalue weighted by Crippen LogP contribution is 2.18. The van der Waals surface area contributed by atoms with E-state index < -0.39 is 12.0 Å². The van der Waals surface area contributed by atoms with Gasteiger partial charge in [0, 0.05) is 16.6 Å². The molecule has 5 nitrogen and oxygen atoms in total. The SMILES string of the molecule is O=C(O)CC1COCCN1C(=O)c1cccc(Br)c1. The van der Waals surface area contributed by atoms with Crippen molar-refractivity contribution in [3.63, 3.8) is 0 Å². The second kappa shape index (κ2) is 6.16. The quantitative estimate of drug-likeness (QED) is 0.918. The fourth-order valence-electron chi connectivity index (χ4n) is 2.08. The number of carbonyl (C=O) groups excluding carboxylic acids is 1. The molecule has 1 aromatic rings. The van der Waals surface area contributed by atoms with Crippen LogP contribution in [-0.2, 0) is 9.53 Å². The summed E-state index contributed by atoms with van der Waals surface area (Å²) >= 11 is 3.32.